The van der Waals surface area contributed by atoms with Crippen LogP contribution in [0.3, 0.4) is 0 Å². The van der Waals surface area contributed by atoms with E-state index >= 15 is 0 Å². The summed E-state index contributed by atoms with van der Waals surface area (Å²) in [6.45, 7) is 4.75. The molecule has 0 bridgehead atoms. The van der Waals surface area contributed by atoms with Gasteiger partial charge in [0.25, 0.3) is 0 Å². The maximum Gasteiger partial charge on any atom is 0.231 e. The number of aliphatic hydroxyl groups is 1. The Labute approximate surface area is 96.2 Å². The van der Waals surface area contributed by atoms with Gasteiger partial charge < -0.3 is 10.8 Å². The first-order valence-electron chi connectivity index (χ1n) is 6.06. The van der Waals surface area contributed by atoms with E-state index in [-0.39, 0.29) is 12.0 Å². The number of hydrogen-bond acceptors (Lipinski definition) is 4. The molecule has 92 valence electrons. The van der Waals surface area contributed by atoms with Crippen LogP contribution in [0.5, 0.6) is 0 Å². The number of rotatable bonds is 5. The number of nitrogens with zero attached hydrogens (tertiary/aromatic N) is 2. The molecule has 1 aliphatic heterocycles. The van der Waals surface area contributed by atoms with Crippen LogP contribution in [-0.2, 0) is 4.79 Å². The number of primary amides is 1. The predicted molar refractivity (Wildman–Crippen MR) is 60.8 cm³/mol. The highest BCUT2D eigenvalue weighted by Crippen LogP contribution is 2.32. The zero-order valence-corrected chi connectivity index (χ0v) is 9.64. The highest BCUT2D eigenvalue weighted by atomic mass is 16.3. The van der Waals surface area contributed by atoms with Crippen molar-refractivity contribution in [1.82, 2.24) is 9.80 Å². The summed E-state index contributed by atoms with van der Waals surface area (Å²) in [5.74, 6) is 0.287. The molecule has 2 rings (SSSR count). The minimum absolute atomic E-state index is 0.150. The first-order chi connectivity index (χ1) is 7.65. The van der Waals surface area contributed by atoms with Gasteiger partial charge >= 0.3 is 0 Å². The molecule has 1 aliphatic carbocycles. The van der Waals surface area contributed by atoms with Crippen molar-refractivity contribution in [2.75, 3.05) is 39.3 Å². The third-order valence-corrected chi connectivity index (χ3v) is 3.46. The molecule has 1 amide bonds. The molecular weight excluding hydrogens is 206 g/mol. The fraction of sp³-hybridized carbons (Fsp3) is 0.909. The number of aliphatic hydroxyl groups excluding tert-OH is 1. The SMILES string of the molecule is NC(=O)CN1CCN(C[C@H](O)C2CC2)CC1. The number of piperazine rings is 1. The average Bonchev–Trinajstić information content (AvgIpc) is 3.03. The first kappa shape index (κ1) is 11.8. The maximum atomic E-state index is 10.8. The lowest BCUT2D eigenvalue weighted by atomic mass is 10.2. The van der Waals surface area contributed by atoms with Gasteiger partial charge in [-0.05, 0) is 18.8 Å². The molecule has 2 fully saturated rings. The summed E-state index contributed by atoms with van der Waals surface area (Å²) in [6, 6.07) is 0. The van der Waals surface area contributed by atoms with Crippen molar-refractivity contribution in [2.45, 2.75) is 18.9 Å². The number of hydrogen-bond donors (Lipinski definition) is 2. The molecule has 16 heavy (non-hydrogen) atoms. The van der Waals surface area contributed by atoms with E-state index in [1.807, 2.05) is 0 Å². The molecule has 1 saturated carbocycles. The summed E-state index contributed by atoms with van der Waals surface area (Å²) in [4.78, 5) is 15.1. The van der Waals surface area contributed by atoms with Gasteiger partial charge in [0.1, 0.15) is 0 Å². The van der Waals surface area contributed by atoms with Gasteiger partial charge in [-0.15, -0.1) is 0 Å². The zero-order valence-electron chi connectivity index (χ0n) is 9.64. The van der Waals surface area contributed by atoms with Gasteiger partial charge in [-0.2, -0.15) is 0 Å². The van der Waals surface area contributed by atoms with Crippen molar-refractivity contribution in [3.05, 3.63) is 0 Å². The molecule has 5 heteroatoms. The van der Waals surface area contributed by atoms with Crippen molar-refractivity contribution in [2.24, 2.45) is 11.7 Å². The summed E-state index contributed by atoms with van der Waals surface area (Å²) in [5, 5.41) is 9.82. The van der Waals surface area contributed by atoms with E-state index in [0.29, 0.717) is 12.5 Å². The molecule has 1 heterocycles. The molecule has 0 spiro atoms. The van der Waals surface area contributed by atoms with E-state index in [0.717, 1.165) is 32.7 Å². The molecule has 0 unspecified atom stereocenters. The quantitative estimate of drug-likeness (QED) is 0.623. The second-order valence-electron chi connectivity index (χ2n) is 4.95. The minimum Gasteiger partial charge on any atom is -0.392 e. The van der Waals surface area contributed by atoms with Crippen molar-refractivity contribution in [1.29, 1.82) is 0 Å². The van der Waals surface area contributed by atoms with Crippen LogP contribution in [0.1, 0.15) is 12.8 Å². The standard InChI is InChI=1S/C11H21N3O2/c12-11(16)8-14-5-3-13(4-6-14)7-10(15)9-1-2-9/h9-10,15H,1-8H2,(H2,12,16)/t10-/m0/s1. The van der Waals surface area contributed by atoms with E-state index in [1.54, 1.807) is 0 Å². The van der Waals surface area contributed by atoms with Crippen molar-refractivity contribution in [3.8, 4) is 0 Å². The molecule has 5 nitrogen and oxygen atoms in total. The molecule has 1 saturated heterocycles. The molecular formula is C11H21N3O2. The Morgan fingerprint density at radius 3 is 2.31 bits per heavy atom. The van der Waals surface area contributed by atoms with Crippen LogP contribution in [0.15, 0.2) is 0 Å². The molecule has 0 aromatic carbocycles. The lowest BCUT2D eigenvalue weighted by Crippen LogP contribution is -2.50. The van der Waals surface area contributed by atoms with E-state index in [2.05, 4.69) is 9.80 Å². The van der Waals surface area contributed by atoms with E-state index in [9.17, 15) is 9.90 Å². The van der Waals surface area contributed by atoms with E-state index in [4.69, 9.17) is 5.73 Å². The Balaban J connectivity index is 1.66. The fourth-order valence-electron chi connectivity index (χ4n) is 2.24. The Morgan fingerprint density at radius 1 is 1.25 bits per heavy atom. The Hall–Kier alpha value is -0.650. The predicted octanol–water partition coefficient (Wildman–Crippen LogP) is -1.14. The highest BCUT2D eigenvalue weighted by Gasteiger charge is 2.31. The first-order valence-corrected chi connectivity index (χ1v) is 6.06. The van der Waals surface area contributed by atoms with E-state index in [1.165, 1.54) is 12.8 Å². The summed E-state index contributed by atoms with van der Waals surface area (Å²) < 4.78 is 0. The Morgan fingerprint density at radius 2 is 1.81 bits per heavy atom. The summed E-state index contributed by atoms with van der Waals surface area (Å²) in [7, 11) is 0. The Bertz CT molecular complexity index is 248. The number of β-amino-alcohol motifs (C(OH)–C–C–N with tert-alkyl or cyclic N) is 1. The van der Waals surface area contributed by atoms with Gasteiger partial charge in [0.05, 0.1) is 12.6 Å². The number of carbonyl (C=O) groups is 1. The van der Waals surface area contributed by atoms with Crippen LogP contribution in [0.4, 0.5) is 0 Å². The molecule has 1 atom stereocenters. The lowest BCUT2D eigenvalue weighted by Gasteiger charge is -2.35. The number of carbonyl (C=O) groups excluding carboxylic acids is 1. The Kier molecular flexibility index (Phi) is 3.78. The van der Waals surface area contributed by atoms with Crippen LogP contribution in [0, 0.1) is 5.92 Å². The van der Waals surface area contributed by atoms with E-state index < -0.39 is 0 Å². The smallest absolute Gasteiger partial charge is 0.231 e. The van der Waals surface area contributed by atoms with Crippen LogP contribution in [0.25, 0.3) is 0 Å². The highest BCUT2D eigenvalue weighted by molar-refractivity contribution is 5.75. The number of nitrogens with two attached hydrogens (primary N) is 1. The third kappa shape index (κ3) is 3.43. The van der Waals surface area contributed by atoms with Gasteiger partial charge in [-0.1, -0.05) is 0 Å². The van der Waals surface area contributed by atoms with Crippen LogP contribution < -0.4 is 5.73 Å². The summed E-state index contributed by atoms with van der Waals surface area (Å²) >= 11 is 0. The molecule has 0 aromatic heterocycles. The van der Waals surface area contributed by atoms with Gasteiger partial charge in [0.15, 0.2) is 0 Å². The molecule has 0 aromatic rings. The van der Waals surface area contributed by atoms with Crippen LogP contribution in [0.2, 0.25) is 0 Å². The van der Waals surface area contributed by atoms with Crippen LogP contribution >= 0.6 is 0 Å². The second-order valence-corrected chi connectivity index (χ2v) is 4.95. The summed E-state index contributed by atoms with van der Waals surface area (Å²) in [6.07, 6.45) is 2.22. The molecule has 2 aliphatic rings. The maximum absolute atomic E-state index is 10.8. The fourth-order valence-corrected chi connectivity index (χ4v) is 2.24. The van der Waals surface area contributed by atoms with Crippen molar-refractivity contribution < 1.29 is 9.90 Å². The van der Waals surface area contributed by atoms with Gasteiger partial charge in [-0.25, -0.2) is 0 Å². The van der Waals surface area contributed by atoms with Gasteiger partial charge in [0.2, 0.25) is 5.91 Å². The second kappa shape index (κ2) is 5.12. The minimum atomic E-state index is -0.258. The normalized spacial score (nSPS) is 25.6. The monoisotopic (exact) mass is 227 g/mol. The van der Waals surface area contributed by atoms with Crippen molar-refractivity contribution in [3.63, 3.8) is 0 Å². The van der Waals surface area contributed by atoms with Gasteiger partial charge in [0, 0.05) is 32.7 Å². The zero-order chi connectivity index (χ0) is 11.5. The third-order valence-electron chi connectivity index (χ3n) is 3.46. The largest absolute Gasteiger partial charge is 0.392 e. The van der Waals surface area contributed by atoms with Gasteiger partial charge in [-0.3, -0.25) is 14.6 Å². The van der Waals surface area contributed by atoms with Crippen molar-refractivity contribution >= 4 is 5.91 Å². The molecule has 3 N–H and O–H groups in total. The number of amides is 1. The topological polar surface area (TPSA) is 69.8 Å². The van der Waals surface area contributed by atoms with Crippen LogP contribution in [-0.4, -0.2) is 66.2 Å². The average molecular weight is 227 g/mol. The lowest BCUT2D eigenvalue weighted by molar-refractivity contribution is -0.119. The molecule has 0 radical (unpaired) electrons. The summed E-state index contributed by atoms with van der Waals surface area (Å²) in [5.41, 5.74) is 5.15.